The summed E-state index contributed by atoms with van der Waals surface area (Å²) in [5.41, 5.74) is 7.37. The second-order valence-corrected chi connectivity index (χ2v) is 8.32. The van der Waals surface area contributed by atoms with Crippen LogP contribution >= 0.6 is 0 Å². The van der Waals surface area contributed by atoms with Crippen molar-refractivity contribution in [3.8, 4) is 11.3 Å². The first-order chi connectivity index (χ1) is 14.2. The maximum Gasteiger partial charge on any atom is 0.212 e. The summed E-state index contributed by atoms with van der Waals surface area (Å²) in [6, 6.07) is 14.8. The summed E-state index contributed by atoms with van der Waals surface area (Å²) < 4.78 is 8.44. The molecule has 2 aromatic carbocycles. The average molecular weight is 381 g/mol. The second kappa shape index (κ2) is 7.04. The van der Waals surface area contributed by atoms with E-state index < -0.39 is 0 Å². The van der Waals surface area contributed by atoms with Crippen molar-refractivity contribution in [2.45, 2.75) is 44.9 Å². The lowest BCUT2D eigenvalue weighted by Gasteiger charge is -2.23. The predicted molar refractivity (Wildman–Crippen MR) is 117 cm³/mol. The number of pyridine rings is 1. The predicted octanol–water partition coefficient (Wildman–Crippen LogP) is 6.98. The van der Waals surface area contributed by atoms with Crippen LogP contribution < -0.4 is 4.57 Å². The van der Waals surface area contributed by atoms with Crippen LogP contribution in [0, 0.1) is 13.5 Å². The van der Waals surface area contributed by atoms with Gasteiger partial charge in [0.15, 0.2) is 11.9 Å². The lowest BCUT2D eigenvalue weighted by atomic mass is 9.82. The van der Waals surface area contributed by atoms with Crippen LogP contribution in [0.5, 0.6) is 0 Å². The number of hydrogen-bond acceptors (Lipinski definition) is 1. The van der Waals surface area contributed by atoms with E-state index in [1.54, 1.807) is 0 Å². The summed E-state index contributed by atoms with van der Waals surface area (Å²) in [4.78, 5) is 3.73. The minimum atomic E-state index is 0.520. The van der Waals surface area contributed by atoms with E-state index in [4.69, 9.17) is 11.0 Å². The molecule has 5 rings (SSSR count). The van der Waals surface area contributed by atoms with Gasteiger partial charge < -0.3 is 4.42 Å². The number of nitrogens with zero attached hydrogens (tertiary/aromatic N) is 2. The van der Waals surface area contributed by atoms with Crippen LogP contribution in [0.3, 0.4) is 0 Å². The molecular weight excluding hydrogens is 356 g/mol. The maximum absolute atomic E-state index is 7.55. The van der Waals surface area contributed by atoms with Gasteiger partial charge in [0.05, 0.1) is 6.57 Å². The lowest BCUT2D eigenvalue weighted by Crippen LogP contribution is -2.30. The molecule has 1 saturated carbocycles. The molecule has 0 amide bonds. The Kier molecular flexibility index (Phi) is 4.36. The highest BCUT2D eigenvalue weighted by Gasteiger charge is 2.23. The van der Waals surface area contributed by atoms with E-state index in [9.17, 15) is 0 Å². The molecule has 3 heteroatoms. The largest absolute Gasteiger partial charge is 0.457 e. The van der Waals surface area contributed by atoms with Gasteiger partial charge in [0.1, 0.15) is 18.2 Å². The zero-order valence-electron chi connectivity index (χ0n) is 17.0. The molecule has 2 aromatic heterocycles. The van der Waals surface area contributed by atoms with Gasteiger partial charge in [0.2, 0.25) is 5.69 Å². The third-order valence-corrected chi connectivity index (χ3v) is 6.44. The molecule has 4 aromatic rings. The van der Waals surface area contributed by atoms with Crippen LogP contribution in [0.25, 0.3) is 38.0 Å². The number of aromatic nitrogens is 1. The maximum atomic E-state index is 7.55. The third kappa shape index (κ3) is 3.00. The number of hydrogen-bond donors (Lipinski definition) is 0. The summed E-state index contributed by atoms with van der Waals surface area (Å²) in [5.74, 6) is 0.520. The van der Waals surface area contributed by atoms with Gasteiger partial charge in [-0.1, -0.05) is 25.3 Å². The molecular formula is C26H25N2O+. The fourth-order valence-electron chi connectivity index (χ4n) is 4.95. The first-order valence-electron chi connectivity index (χ1n) is 10.5. The molecule has 1 fully saturated rings. The van der Waals surface area contributed by atoms with Crippen molar-refractivity contribution in [1.29, 1.82) is 0 Å². The van der Waals surface area contributed by atoms with E-state index in [2.05, 4.69) is 66.0 Å². The normalized spacial score (nSPS) is 15.1. The van der Waals surface area contributed by atoms with Gasteiger partial charge in [-0.3, -0.25) is 0 Å². The summed E-state index contributed by atoms with van der Waals surface area (Å²) >= 11 is 0. The molecule has 0 radical (unpaired) electrons. The van der Waals surface area contributed by atoms with Gasteiger partial charge >= 0.3 is 0 Å². The van der Waals surface area contributed by atoms with Crippen molar-refractivity contribution in [1.82, 2.24) is 0 Å². The average Bonchev–Trinajstić information content (AvgIpc) is 3.10. The molecule has 0 atom stereocenters. The quantitative estimate of drug-likeness (QED) is 0.271. The van der Waals surface area contributed by atoms with Crippen LogP contribution in [-0.4, -0.2) is 0 Å². The van der Waals surface area contributed by atoms with Crippen molar-refractivity contribution in [2.75, 3.05) is 0 Å². The van der Waals surface area contributed by atoms with Crippen molar-refractivity contribution >= 4 is 27.6 Å². The van der Waals surface area contributed by atoms with Gasteiger partial charge in [-0.25, -0.2) is 9.41 Å². The molecule has 1 aliphatic rings. The van der Waals surface area contributed by atoms with E-state index in [0.717, 1.165) is 11.2 Å². The fourth-order valence-corrected chi connectivity index (χ4v) is 4.95. The van der Waals surface area contributed by atoms with Gasteiger partial charge in [-0.15, -0.1) is 0 Å². The summed E-state index contributed by atoms with van der Waals surface area (Å²) in [6.07, 6.45) is 8.36. The standard InChI is InChI=1S/C26H25N2O/c1-17-13-24-22(16-20(17)23-11-7-8-12-28(23)3)26-21(18-9-5-4-6-10-18)14-19(27-2)15-25(26)29-24/h7-8,11-16,18H,4-6,9-10H2,1,3H3/q+1. The highest BCUT2D eigenvalue weighted by atomic mass is 16.3. The number of fused-ring (bicyclic) bond motifs is 3. The molecule has 2 heterocycles. The molecule has 0 spiro atoms. The summed E-state index contributed by atoms with van der Waals surface area (Å²) in [5, 5.41) is 2.38. The topological polar surface area (TPSA) is 21.4 Å². The van der Waals surface area contributed by atoms with Crippen LogP contribution in [-0.2, 0) is 7.05 Å². The Morgan fingerprint density at radius 2 is 1.86 bits per heavy atom. The minimum absolute atomic E-state index is 0.520. The Balaban J connectivity index is 1.81. The Labute approximate surface area is 171 Å². The molecule has 0 bridgehead atoms. The van der Waals surface area contributed by atoms with Crippen molar-refractivity contribution < 1.29 is 8.98 Å². The van der Waals surface area contributed by atoms with Crippen LogP contribution in [0.4, 0.5) is 5.69 Å². The number of furan rings is 1. The highest BCUT2D eigenvalue weighted by Crippen LogP contribution is 2.43. The van der Waals surface area contributed by atoms with Gasteiger partial charge in [0, 0.05) is 28.5 Å². The zero-order valence-corrected chi connectivity index (χ0v) is 17.0. The number of benzene rings is 2. The second-order valence-electron chi connectivity index (χ2n) is 8.32. The molecule has 3 nitrogen and oxygen atoms in total. The molecule has 0 aliphatic heterocycles. The van der Waals surface area contributed by atoms with Crippen LogP contribution in [0.2, 0.25) is 0 Å². The monoisotopic (exact) mass is 381 g/mol. The van der Waals surface area contributed by atoms with Crippen molar-refractivity contribution in [3.63, 3.8) is 0 Å². The molecule has 0 saturated heterocycles. The first kappa shape index (κ1) is 17.9. The number of aryl methyl sites for hydroxylation is 2. The molecule has 144 valence electrons. The highest BCUT2D eigenvalue weighted by molar-refractivity contribution is 6.09. The van der Waals surface area contributed by atoms with Gasteiger partial charge in [-0.05, 0) is 61.1 Å². The zero-order chi connectivity index (χ0) is 20.0. The Morgan fingerprint density at radius 1 is 1.03 bits per heavy atom. The van der Waals surface area contributed by atoms with Gasteiger partial charge in [0.25, 0.3) is 0 Å². The summed E-state index contributed by atoms with van der Waals surface area (Å²) in [6.45, 7) is 9.69. The van der Waals surface area contributed by atoms with Crippen LogP contribution in [0.1, 0.15) is 49.1 Å². The molecule has 0 N–H and O–H groups in total. The van der Waals surface area contributed by atoms with E-state index in [0.29, 0.717) is 11.6 Å². The minimum Gasteiger partial charge on any atom is -0.457 e. The Morgan fingerprint density at radius 3 is 2.62 bits per heavy atom. The smallest absolute Gasteiger partial charge is 0.212 e. The Hall–Kier alpha value is -3.12. The van der Waals surface area contributed by atoms with Crippen molar-refractivity contribution in [3.05, 3.63) is 71.2 Å². The van der Waals surface area contributed by atoms with Gasteiger partial charge in [-0.2, -0.15) is 0 Å². The SMILES string of the molecule is [C-]#[N+]c1cc(C2CCCCC2)c2c(c1)oc1cc(C)c(-c3cccc[n+]3C)cc12. The lowest BCUT2D eigenvalue weighted by molar-refractivity contribution is -0.660. The molecule has 1 aliphatic carbocycles. The summed E-state index contributed by atoms with van der Waals surface area (Å²) in [7, 11) is 2.09. The third-order valence-electron chi connectivity index (χ3n) is 6.44. The number of rotatable bonds is 2. The van der Waals surface area contributed by atoms with E-state index in [1.807, 2.05) is 6.07 Å². The molecule has 0 unspecified atom stereocenters. The van der Waals surface area contributed by atoms with Crippen LogP contribution in [0.15, 0.2) is 53.1 Å². The van der Waals surface area contributed by atoms with Crippen molar-refractivity contribution in [2.24, 2.45) is 7.05 Å². The molecule has 29 heavy (non-hydrogen) atoms. The van der Waals surface area contributed by atoms with E-state index in [1.165, 1.54) is 65.3 Å². The Bertz CT molecular complexity index is 1270. The fraction of sp³-hybridized carbons (Fsp3) is 0.308. The van der Waals surface area contributed by atoms with E-state index >= 15 is 0 Å². The first-order valence-corrected chi connectivity index (χ1v) is 10.5. The van der Waals surface area contributed by atoms with E-state index in [-0.39, 0.29) is 0 Å².